The van der Waals surface area contributed by atoms with Crippen LogP contribution in [0.4, 0.5) is 0 Å². The topological polar surface area (TPSA) is 85.3 Å². The molecule has 2 aliphatic rings. The second-order valence-corrected chi connectivity index (χ2v) is 8.81. The minimum Gasteiger partial charge on any atom is -0.507 e. The van der Waals surface area contributed by atoms with Crippen LogP contribution in [-0.4, -0.2) is 54.7 Å². The maximum atomic E-state index is 13.2. The van der Waals surface area contributed by atoms with Crippen molar-refractivity contribution in [1.82, 2.24) is 4.90 Å². The van der Waals surface area contributed by atoms with Crippen molar-refractivity contribution < 1.29 is 28.9 Å². The molecule has 1 amide bonds. The predicted molar refractivity (Wildman–Crippen MR) is 128 cm³/mol. The van der Waals surface area contributed by atoms with Crippen molar-refractivity contribution in [2.75, 3.05) is 26.9 Å². The Kier molecular flexibility index (Phi) is 7.22. The van der Waals surface area contributed by atoms with E-state index in [-0.39, 0.29) is 17.4 Å². The number of fused-ring (bicyclic) bond motifs is 1. The van der Waals surface area contributed by atoms with E-state index in [1.165, 1.54) is 4.90 Å². The molecule has 0 bridgehead atoms. The lowest BCUT2D eigenvalue weighted by Gasteiger charge is -2.26. The lowest BCUT2D eigenvalue weighted by atomic mass is 9.94. The van der Waals surface area contributed by atoms with Gasteiger partial charge in [-0.15, -0.1) is 0 Å². The Morgan fingerprint density at radius 2 is 1.94 bits per heavy atom. The number of aliphatic hydroxyl groups excluding tert-OH is 1. The van der Waals surface area contributed by atoms with E-state index in [2.05, 4.69) is 0 Å². The highest BCUT2D eigenvalue weighted by molar-refractivity contribution is 6.46. The quantitative estimate of drug-likeness (QED) is 0.271. The lowest BCUT2D eigenvalue weighted by Crippen LogP contribution is -2.31. The van der Waals surface area contributed by atoms with E-state index in [1.807, 2.05) is 38.1 Å². The zero-order chi connectivity index (χ0) is 24.2. The normalized spacial score (nSPS) is 19.3. The Labute approximate surface area is 199 Å². The lowest BCUT2D eigenvalue weighted by molar-refractivity contribution is -0.140. The summed E-state index contributed by atoms with van der Waals surface area (Å²) >= 11 is 0. The fourth-order valence-corrected chi connectivity index (χ4v) is 4.46. The third kappa shape index (κ3) is 4.80. The molecule has 0 aliphatic carbocycles. The van der Waals surface area contributed by atoms with Gasteiger partial charge in [0.15, 0.2) is 0 Å². The van der Waals surface area contributed by atoms with Gasteiger partial charge in [0, 0.05) is 18.7 Å². The largest absolute Gasteiger partial charge is 0.507 e. The predicted octanol–water partition coefficient (Wildman–Crippen LogP) is 4.26. The summed E-state index contributed by atoms with van der Waals surface area (Å²) in [6, 6.07) is 11.9. The minimum absolute atomic E-state index is 0.0841. The van der Waals surface area contributed by atoms with E-state index in [1.54, 1.807) is 25.3 Å². The number of methoxy groups -OCH3 is 1. The average molecular weight is 466 g/mol. The van der Waals surface area contributed by atoms with Crippen LogP contribution in [0.25, 0.3) is 5.76 Å². The summed E-state index contributed by atoms with van der Waals surface area (Å²) in [6.45, 7) is 5.38. The first kappa shape index (κ1) is 23.8. The number of hydrogen-bond donors (Lipinski definition) is 1. The molecule has 1 atom stereocenters. The average Bonchev–Trinajstić information content (AvgIpc) is 3.10. The van der Waals surface area contributed by atoms with Crippen LogP contribution >= 0.6 is 0 Å². The molecule has 2 heterocycles. The van der Waals surface area contributed by atoms with Gasteiger partial charge in [-0.2, -0.15) is 0 Å². The Hall–Kier alpha value is -3.32. The SMILES string of the molecule is COc1ccc(C2/C(=C(/O)c3ccc4c(c3)CCCO4)C(=O)C(=O)N2CCCOC(C)C)cc1. The van der Waals surface area contributed by atoms with Crippen LogP contribution in [-0.2, 0) is 20.7 Å². The monoisotopic (exact) mass is 465 g/mol. The summed E-state index contributed by atoms with van der Waals surface area (Å²) in [6.07, 6.45) is 2.39. The number of rotatable bonds is 8. The zero-order valence-corrected chi connectivity index (χ0v) is 19.9. The van der Waals surface area contributed by atoms with Gasteiger partial charge < -0.3 is 24.2 Å². The van der Waals surface area contributed by atoms with E-state index < -0.39 is 17.7 Å². The minimum atomic E-state index is -0.697. The van der Waals surface area contributed by atoms with Crippen molar-refractivity contribution in [3.63, 3.8) is 0 Å². The highest BCUT2D eigenvalue weighted by Gasteiger charge is 2.45. The molecule has 2 aromatic rings. The zero-order valence-electron chi connectivity index (χ0n) is 19.9. The molecule has 1 fully saturated rings. The Bertz CT molecular complexity index is 1090. The summed E-state index contributed by atoms with van der Waals surface area (Å²) in [5.41, 5.74) is 2.31. The number of benzene rings is 2. The van der Waals surface area contributed by atoms with Gasteiger partial charge in [0.25, 0.3) is 11.7 Å². The van der Waals surface area contributed by atoms with Crippen molar-refractivity contribution in [3.05, 3.63) is 64.7 Å². The summed E-state index contributed by atoms with van der Waals surface area (Å²) < 4.78 is 16.6. The fraction of sp³-hybridized carbons (Fsp3) is 0.407. The molecule has 1 unspecified atom stereocenters. The van der Waals surface area contributed by atoms with Gasteiger partial charge in [-0.05, 0) is 74.6 Å². The van der Waals surface area contributed by atoms with Gasteiger partial charge in [0.05, 0.1) is 31.4 Å². The summed E-state index contributed by atoms with van der Waals surface area (Å²) in [4.78, 5) is 27.8. The highest BCUT2D eigenvalue weighted by atomic mass is 16.5. The van der Waals surface area contributed by atoms with E-state index in [0.717, 1.165) is 29.7 Å². The van der Waals surface area contributed by atoms with Gasteiger partial charge in [0.2, 0.25) is 0 Å². The Balaban J connectivity index is 1.73. The number of ether oxygens (including phenoxy) is 3. The van der Waals surface area contributed by atoms with Gasteiger partial charge in [-0.25, -0.2) is 0 Å². The van der Waals surface area contributed by atoms with Crippen LogP contribution in [0.2, 0.25) is 0 Å². The first-order valence-corrected chi connectivity index (χ1v) is 11.7. The molecular weight excluding hydrogens is 434 g/mol. The van der Waals surface area contributed by atoms with E-state index in [0.29, 0.717) is 37.5 Å². The molecule has 0 radical (unpaired) electrons. The molecule has 1 saturated heterocycles. The van der Waals surface area contributed by atoms with E-state index >= 15 is 0 Å². The second-order valence-electron chi connectivity index (χ2n) is 8.81. The number of likely N-dealkylation sites (tertiary alicyclic amines) is 1. The number of ketones is 1. The molecule has 34 heavy (non-hydrogen) atoms. The molecule has 180 valence electrons. The smallest absolute Gasteiger partial charge is 0.295 e. The van der Waals surface area contributed by atoms with Gasteiger partial charge in [0.1, 0.15) is 17.3 Å². The third-order valence-corrected chi connectivity index (χ3v) is 6.15. The third-order valence-electron chi connectivity index (χ3n) is 6.15. The molecule has 2 aromatic carbocycles. The van der Waals surface area contributed by atoms with Crippen LogP contribution in [0.1, 0.15) is 49.4 Å². The van der Waals surface area contributed by atoms with Crippen molar-refractivity contribution in [2.45, 2.75) is 45.3 Å². The first-order valence-electron chi connectivity index (χ1n) is 11.7. The summed E-state index contributed by atoms with van der Waals surface area (Å²) in [5, 5.41) is 11.3. The number of Topliss-reactive ketones (excluding diaryl/α,β-unsaturated/α-hetero) is 1. The number of nitrogens with zero attached hydrogens (tertiary/aromatic N) is 1. The summed E-state index contributed by atoms with van der Waals surface area (Å²) in [7, 11) is 1.58. The van der Waals surface area contributed by atoms with Gasteiger partial charge in [-0.1, -0.05) is 12.1 Å². The molecular formula is C27H31NO6. The van der Waals surface area contributed by atoms with Gasteiger partial charge >= 0.3 is 0 Å². The Morgan fingerprint density at radius 3 is 2.65 bits per heavy atom. The van der Waals surface area contributed by atoms with Crippen molar-refractivity contribution in [1.29, 1.82) is 0 Å². The van der Waals surface area contributed by atoms with E-state index in [9.17, 15) is 14.7 Å². The number of carbonyl (C=O) groups excluding carboxylic acids is 2. The maximum Gasteiger partial charge on any atom is 0.295 e. The summed E-state index contributed by atoms with van der Waals surface area (Å²) in [5.74, 6) is -0.0143. The number of hydrogen-bond acceptors (Lipinski definition) is 6. The molecule has 0 spiro atoms. The first-order chi connectivity index (χ1) is 16.4. The number of carbonyl (C=O) groups is 2. The van der Waals surface area contributed by atoms with E-state index in [4.69, 9.17) is 14.2 Å². The van der Waals surface area contributed by atoms with Crippen LogP contribution < -0.4 is 9.47 Å². The number of aliphatic hydroxyl groups is 1. The van der Waals surface area contributed by atoms with Crippen LogP contribution in [0.5, 0.6) is 11.5 Å². The van der Waals surface area contributed by atoms with Crippen molar-refractivity contribution in [2.24, 2.45) is 0 Å². The van der Waals surface area contributed by atoms with Crippen LogP contribution in [0, 0.1) is 0 Å². The molecule has 0 aromatic heterocycles. The fourth-order valence-electron chi connectivity index (χ4n) is 4.46. The van der Waals surface area contributed by atoms with Crippen molar-refractivity contribution in [3.8, 4) is 11.5 Å². The van der Waals surface area contributed by atoms with Crippen LogP contribution in [0.15, 0.2) is 48.0 Å². The Morgan fingerprint density at radius 1 is 1.18 bits per heavy atom. The molecule has 1 N–H and O–H groups in total. The van der Waals surface area contributed by atoms with Crippen LogP contribution in [0.3, 0.4) is 0 Å². The second kappa shape index (κ2) is 10.3. The molecule has 0 saturated carbocycles. The molecule has 7 nitrogen and oxygen atoms in total. The number of amides is 1. The molecule has 4 rings (SSSR count). The standard InChI is InChI=1S/C27H31NO6/c1-17(2)33-15-5-13-28-24(18-7-10-21(32-3)11-8-18)23(26(30)27(28)31)25(29)20-9-12-22-19(16-20)6-4-14-34-22/h7-12,16-17,24,29H,4-6,13-15H2,1-3H3/b25-23-. The highest BCUT2D eigenvalue weighted by Crippen LogP contribution is 2.40. The molecule has 2 aliphatic heterocycles. The van der Waals surface area contributed by atoms with Crippen molar-refractivity contribution >= 4 is 17.4 Å². The maximum absolute atomic E-state index is 13.2. The van der Waals surface area contributed by atoms with Gasteiger partial charge in [-0.3, -0.25) is 9.59 Å². The number of aryl methyl sites for hydroxylation is 1. The molecule has 7 heteroatoms.